The van der Waals surface area contributed by atoms with E-state index in [2.05, 4.69) is 13.8 Å². The molecule has 8 heavy (non-hydrogen) atoms. The van der Waals surface area contributed by atoms with Crippen molar-refractivity contribution in [1.82, 2.24) is 6.15 Å². The predicted octanol–water partition coefficient (Wildman–Crippen LogP) is 3.63. The Balaban J connectivity index is -0.0000000147. The Morgan fingerprint density at radius 1 is 0.750 bits per heavy atom. The van der Waals surface area contributed by atoms with Gasteiger partial charge in [0, 0.05) is 0 Å². The zero-order valence-electron chi connectivity index (χ0n) is 7.41. The fourth-order valence-corrected chi connectivity index (χ4v) is 0. The monoisotopic (exact) mass is 121 g/mol. The molecular formula is C7H23N. The molecule has 0 radical (unpaired) electrons. The van der Waals surface area contributed by atoms with Crippen molar-refractivity contribution in [2.24, 2.45) is 0 Å². The summed E-state index contributed by atoms with van der Waals surface area (Å²) in [7, 11) is 0. The van der Waals surface area contributed by atoms with Crippen molar-refractivity contribution in [3.8, 4) is 0 Å². The molecule has 0 amide bonds. The van der Waals surface area contributed by atoms with Crippen LogP contribution in [0.3, 0.4) is 0 Å². The normalized spacial score (nSPS) is 3.75. The average Bonchev–Trinajstić information content (AvgIpc) is 1.78. The second-order valence-corrected chi connectivity index (χ2v) is 0.707. The molecule has 1 nitrogen and oxygen atoms in total. The molecule has 0 aromatic carbocycles. The van der Waals surface area contributed by atoms with Crippen LogP contribution in [0.1, 0.15) is 48.0 Å². The van der Waals surface area contributed by atoms with Crippen molar-refractivity contribution < 1.29 is 0 Å². The number of rotatable bonds is 0. The maximum absolute atomic E-state index is 2.12. The molecule has 0 atom stereocenters. The van der Waals surface area contributed by atoms with E-state index in [0.717, 1.165) is 0 Å². The van der Waals surface area contributed by atoms with Gasteiger partial charge in [0.1, 0.15) is 0 Å². The maximum atomic E-state index is 2.12. The Bertz CT molecular complexity index is 4.35. The van der Waals surface area contributed by atoms with Gasteiger partial charge in [-0.3, -0.25) is 0 Å². The quantitative estimate of drug-likeness (QED) is 0.522. The second-order valence-electron chi connectivity index (χ2n) is 0.707. The largest absolute Gasteiger partial charge is 0.344 e. The van der Waals surface area contributed by atoms with Gasteiger partial charge in [-0.1, -0.05) is 48.0 Å². The van der Waals surface area contributed by atoms with E-state index in [1.54, 1.807) is 0 Å². The molecule has 0 fully saturated rings. The summed E-state index contributed by atoms with van der Waals surface area (Å²) in [6.45, 7) is 12.2. The highest BCUT2D eigenvalue weighted by atomic mass is 14.0. The lowest BCUT2D eigenvalue weighted by Gasteiger charge is -1.48. The standard InChI is InChI=1S/C3H8.2C2H6.H3N/c1-3-2;2*1-2;/h3H2,1-2H3;2*1-2H3;1H3. The van der Waals surface area contributed by atoms with Crippen molar-refractivity contribution >= 4 is 0 Å². The van der Waals surface area contributed by atoms with Gasteiger partial charge in [0.25, 0.3) is 0 Å². The molecule has 0 aromatic heterocycles. The van der Waals surface area contributed by atoms with Crippen LogP contribution < -0.4 is 6.15 Å². The van der Waals surface area contributed by atoms with Crippen LogP contribution in [0.5, 0.6) is 0 Å². The molecule has 0 aliphatic heterocycles. The first-order valence-corrected chi connectivity index (χ1v) is 3.41. The molecule has 0 aliphatic rings. The number of hydrogen-bond donors (Lipinski definition) is 1. The number of hydrogen-bond acceptors (Lipinski definition) is 1. The minimum atomic E-state index is 0. The van der Waals surface area contributed by atoms with E-state index in [-0.39, 0.29) is 6.15 Å². The van der Waals surface area contributed by atoms with Gasteiger partial charge >= 0.3 is 0 Å². The molecule has 0 rings (SSSR count). The van der Waals surface area contributed by atoms with Gasteiger partial charge in [-0.2, -0.15) is 0 Å². The summed E-state index contributed by atoms with van der Waals surface area (Å²) in [6, 6.07) is 0. The summed E-state index contributed by atoms with van der Waals surface area (Å²) in [5, 5.41) is 0. The van der Waals surface area contributed by atoms with Crippen LogP contribution in [0.25, 0.3) is 0 Å². The Labute approximate surface area is 55.1 Å². The van der Waals surface area contributed by atoms with Crippen LogP contribution in [-0.4, -0.2) is 0 Å². The van der Waals surface area contributed by atoms with Crippen LogP contribution in [0, 0.1) is 0 Å². The highest BCUT2D eigenvalue weighted by Gasteiger charge is 1.35. The van der Waals surface area contributed by atoms with Crippen molar-refractivity contribution in [1.29, 1.82) is 0 Å². The third kappa shape index (κ3) is 91600. The lowest BCUT2D eigenvalue weighted by molar-refractivity contribution is 1.09. The van der Waals surface area contributed by atoms with E-state index >= 15 is 0 Å². The van der Waals surface area contributed by atoms with Crippen molar-refractivity contribution in [2.75, 3.05) is 0 Å². The fraction of sp³-hybridized carbons (Fsp3) is 1.00. The van der Waals surface area contributed by atoms with E-state index < -0.39 is 0 Å². The molecule has 0 spiro atoms. The topological polar surface area (TPSA) is 35.0 Å². The Morgan fingerprint density at radius 3 is 0.750 bits per heavy atom. The molecule has 0 saturated carbocycles. The third-order valence-electron chi connectivity index (χ3n) is 0. The van der Waals surface area contributed by atoms with Gasteiger partial charge in [0.05, 0.1) is 0 Å². The molecule has 0 aromatic rings. The van der Waals surface area contributed by atoms with Crippen molar-refractivity contribution in [3.05, 3.63) is 0 Å². The first-order valence-electron chi connectivity index (χ1n) is 3.41. The molecule has 0 heterocycles. The van der Waals surface area contributed by atoms with E-state index in [0.29, 0.717) is 0 Å². The predicted molar refractivity (Wildman–Crippen MR) is 43.7 cm³/mol. The van der Waals surface area contributed by atoms with E-state index in [9.17, 15) is 0 Å². The Morgan fingerprint density at radius 2 is 0.750 bits per heavy atom. The lowest BCUT2D eigenvalue weighted by Crippen LogP contribution is -1.27. The molecule has 3 N–H and O–H groups in total. The zero-order valence-corrected chi connectivity index (χ0v) is 7.41. The molecule has 1 heteroatoms. The summed E-state index contributed by atoms with van der Waals surface area (Å²) in [5.41, 5.74) is 0. The maximum Gasteiger partial charge on any atom is -0.0590 e. The molecule has 0 aliphatic carbocycles. The van der Waals surface area contributed by atoms with Gasteiger partial charge in [-0.15, -0.1) is 0 Å². The second kappa shape index (κ2) is 268. The van der Waals surface area contributed by atoms with Gasteiger partial charge in [0.2, 0.25) is 0 Å². The van der Waals surface area contributed by atoms with Gasteiger partial charge < -0.3 is 6.15 Å². The molecular weight excluding hydrogens is 98.1 g/mol. The van der Waals surface area contributed by atoms with E-state index in [4.69, 9.17) is 0 Å². The molecule has 0 bridgehead atoms. The van der Waals surface area contributed by atoms with Crippen LogP contribution in [0.4, 0.5) is 0 Å². The highest BCUT2D eigenvalue weighted by molar-refractivity contribution is 3.92. The Hall–Kier alpha value is -0.0400. The first-order chi connectivity index (χ1) is 3.41. The SMILES string of the molecule is CC.CC.CCC.N. The third-order valence-corrected chi connectivity index (χ3v) is 0. The summed E-state index contributed by atoms with van der Waals surface area (Å²) >= 11 is 0. The van der Waals surface area contributed by atoms with Crippen LogP contribution >= 0.6 is 0 Å². The summed E-state index contributed by atoms with van der Waals surface area (Å²) < 4.78 is 0. The zero-order chi connectivity index (χ0) is 6.71. The van der Waals surface area contributed by atoms with Crippen molar-refractivity contribution in [3.63, 3.8) is 0 Å². The first kappa shape index (κ1) is 24.6. The highest BCUT2D eigenvalue weighted by Crippen LogP contribution is 1.56. The Kier molecular flexibility index (Phi) is 825. The lowest BCUT2D eigenvalue weighted by atomic mass is 10.6. The average molecular weight is 121 g/mol. The minimum absolute atomic E-state index is 0. The van der Waals surface area contributed by atoms with Crippen LogP contribution in [-0.2, 0) is 0 Å². The van der Waals surface area contributed by atoms with Gasteiger partial charge in [0.15, 0.2) is 0 Å². The smallest absolute Gasteiger partial charge is 0.0590 e. The van der Waals surface area contributed by atoms with E-state index in [1.807, 2.05) is 27.7 Å². The van der Waals surface area contributed by atoms with Crippen LogP contribution in [0.2, 0.25) is 0 Å². The molecule has 0 unspecified atom stereocenters. The van der Waals surface area contributed by atoms with E-state index in [1.165, 1.54) is 6.42 Å². The van der Waals surface area contributed by atoms with Gasteiger partial charge in [-0.05, 0) is 0 Å². The fourth-order valence-electron chi connectivity index (χ4n) is 0. The van der Waals surface area contributed by atoms with Crippen LogP contribution in [0.15, 0.2) is 0 Å². The summed E-state index contributed by atoms with van der Waals surface area (Å²) in [5.74, 6) is 0. The summed E-state index contributed by atoms with van der Waals surface area (Å²) in [4.78, 5) is 0. The minimum Gasteiger partial charge on any atom is -0.344 e. The summed E-state index contributed by atoms with van der Waals surface area (Å²) in [6.07, 6.45) is 1.25. The molecule has 56 valence electrons. The van der Waals surface area contributed by atoms with Crippen molar-refractivity contribution in [2.45, 2.75) is 48.0 Å². The molecule has 0 saturated heterocycles. The van der Waals surface area contributed by atoms with Gasteiger partial charge in [-0.25, -0.2) is 0 Å².